The van der Waals surface area contributed by atoms with E-state index < -0.39 is 4.92 Å². The molecule has 2 rings (SSSR count). The smallest absolute Gasteiger partial charge is 0.270 e. The lowest BCUT2D eigenvalue weighted by molar-refractivity contribution is -0.384. The van der Waals surface area contributed by atoms with Crippen LogP contribution >= 0.6 is 15.9 Å². The molecule has 106 valence electrons. The van der Waals surface area contributed by atoms with Crippen LogP contribution in [-0.2, 0) is 6.54 Å². The molecule has 1 aromatic carbocycles. The van der Waals surface area contributed by atoms with Gasteiger partial charge in [0.15, 0.2) is 0 Å². The summed E-state index contributed by atoms with van der Waals surface area (Å²) in [5.74, 6) is 0. The minimum absolute atomic E-state index is 0.0504. The fourth-order valence-corrected chi connectivity index (χ4v) is 2.24. The van der Waals surface area contributed by atoms with Crippen LogP contribution in [0.3, 0.4) is 0 Å². The lowest BCUT2D eigenvalue weighted by Crippen LogP contribution is -2.22. The van der Waals surface area contributed by atoms with Crippen molar-refractivity contribution < 1.29 is 4.92 Å². The minimum Gasteiger partial charge on any atom is -0.309 e. The van der Waals surface area contributed by atoms with Crippen molar-refractivity contribution in [1.82, 2.24) is 15.1 Å². The maximum atomic E-state index is 10.7. The topological polar surface area (TPSA) is 73.0 Å². The summed E-state index contributed by atoms with van der Waals surface area (Å²) in [6.07, 6.45) is 1.84. The molecule has 1 aromatic heterocycles. The molecule has 0 bridgehead atoms. The second-order valence-electron chi connectivity index (χ2n) is 4.68. The van der Waals surface area contributed by atoms with Crippen LogP contribution in [0.4, 0.5) is 5.69 Å². The molecule has 0 saturated carbocycles. The average molecular weight is 339 g/mol. The Hall–Kier alpha value is -1.73. The molecule has 0 saturated heterocycles. The molecule has 0 atom stereocenters. The maximum Gasteiger partial charge on any atom is 0.270 e. The van der Waals surface area contributed by atoms with Gasteiger partial charge in [-0.15, -0.1) is 0 Å². The minimum atomic E-state index is -0.421. The van der Waals surface area contributed by atoms with Gasteiger partial charge in [0, 0.05) is 30.9 Å². The lowest BCUT2D eigenvalue weighted by atomic mass is 10.3. The molecule has 0 spiro atoms. The highest BCUT2D eigenvalue weighted by atomic mass is 79.9. The van der Waals surface area contributed by atoms with Gasteiger partial charge in [0.05, 0.1) is 20.8 Å². The quantitative estimate of drug-likeness (QED) is 0.671. The zero-order chi connectivity index (χ0) is 14.7. The number of nitro groups is 1. The third-order valence-electron chi connectivity index (χ3n) is 2.72. The van der Waals surface area contributed by atoms with Crippen molar-refractivity contribution in [2.75, 3.05) is 0 Å². The first kappa shape index (κ1) is 14.7. The van der Waals surface area contributed by atoms with E-state index in [1.54, 1.807) is 10.7 Å². The van der Waals surface area contributed by atoms with Crippen LogP contribution in [0.15, 0.2) is 34.9 Å². The number of nitrogens with zero attached hydrogens (tertiary/aromatic N) is 3. The Morgan fingerprint density at radius 1 is 1.45 bits per heavy atom. The van der Waals surface area contributed by atoms with Gasteiger partial charge in [0.2, 0.25) is 0 Å². The van der Waals surface area contributed by atoms with Gasteiger partial charge >= 0.3 is 0 Å². The third kappa shape index (κ3) is 3.43. The molecular formula is C13H15BrN4O2. The van der Waals surface area contributed by atoms with Crippen LogP contribution in [-0.4, -0.2) is 20.7 Å². The SMILES string of the molecule is CC(C)NCc1ccn(-c2ccc([N+](=O)[O-])cc2Br)n1. The van der Waals surface area contributed by atoms with Crippen LogP contribution in [0, 0.1) is 10.1 Å². The van der Waals surface area contributed by atoms with Crippen LogP contribution in [0.2, 0.25) is 0 Å². The molecule has 0 fully saturated rings. The number of nitro benzene ring substituents is 1. The van der Waals surface area contributed by atoms with Gasteiger partial charge in [-0.2, -0.15) is 5.10 Å². The van der Waals surface area contributed by atoms with Gasteiger partial charge in [-0.3, -0.25) is 10.1 Å². The highest BCUT2D eigenvalue weighted by Crippen LogP contribution is 2.25. The molecule has 6 nitrogen and oxygen atoms in total. The standard InChI is InChI=1S/C13H15BrN4O2/c1-9(2)15-8-10-5-6-17(16-10)13-4-3-11(18(19)20)7-12(13)14/h3-7,9,15H,8H2,1-2H3. The zero-order valence-electron chi connectivity index (χ0n) is 11.2. The Bertz CT molecular complexity index is 625. The van der Waals surface area contributed by atoms with E-state index >= 15 is 0 Å². The van der Waals surface area contributed by atoms with Gasteiger partial charge in [-0.05, 0) is 28.1 Å². The number of halogens is 1. The maximum absolute atomic E-state index is 10.7. The fourth-order valence-electron chi connectivity index (χ4n) is 1.69. The van der Waals surface area contributed by atoms with Gasteiger partial charge in [0.25, 0.3) is 5.69 Å². The highest BCUT2D eigenvalue weighted by molar-refractivity contribution is 9.10. The summed E-state index contributed by atoms with van der Waals surface area (Å²) in [4.78, 5) is 10.3. The second-order valence-corrected chi connectivity index (χ2v) is 5.53. The van der Waals surface area contributed by atoms with E-state index in [1.807, 2.05) is 12.3 Å². The van der Waals surface area contributed by atoms with Gasteiger partial charge in [-0.1, -0.05) is 13.8 Å². The number of rotatable bonds is 5. The van der Waals surface area contributed by atoms with Crippen LogP contribution in [0.1, 0.15) is 19.5 Å². The molecule has 7 heteroatoms. The molecule has 0 amide bonds. The first-order valence-electron chi connectivity index (χ1n) is 6.19. The fraction of sp³-hybridized carbons (Fsp3) is 0.308. The molecule has 1 N–H and O–H groups in total. The molecular weight excluding hydrogens is 324 g/mol. The van der Waals surface area contributed by atoms with Gasteiger partial charge < -0.3 is 5.32 Å². The molecule has 1 heterocycles. The zero-order valence-corrected chi connectivity index (χ0v) is 12.8. The molecule has 20 heavy (non-hydrogen) atoms. The first-order valence-corrected chi connectivity index (χ1v) is 6.99. The summed E-state index contributed by atoms with van der Waals surface area (Å²) in [6.45, 7) is 4.84. The van der Waals surface area contributed by atoms with Crippen LogP contribution in [0.25, 0.3) is 5.69 Å². The van der Waals surface area contributed by atoms with Gasteiger partial charge in [-0.25, -0.2) is 4.68 Å². The van der Waals surface area contributed by atoms with Crippen molar-refractivity contribution in [1.29, 1.82) is 0 Å². The van der Waals surface area contributed by atoms with Crippen molar-refractivity contribution in [2.24, 2.45) is 0 Å². The summed E-state index contributed by atoms with van der Waals surface area (Å²) < 4.78 is 2.34. The number of hydrogen-bond acceptors (Lipinski definition) is 4. The van der Waals surface area contributed by atoms with E-state index in [2.05, 4.69) is 40.2 Å². The summed E-state index contributed by atoms with van der Waals surface area (Å²) in [5, 5.41) is 18.4. The Balaban J connectivity index is 2.21. The first-order chi connectivity index (χ1) is 9.47. The summed E-state index contributed by atoms with van der Waals surface area (Å²) in [6, 6.07) is 6.93. The predicted molar refractivity (Wildman–Crippen MR) is 79.9 cm³/mol. The number of hydrogen-bond donors (Lipinski definition) is 1. The number of non-ortho nitro benzene ring substituents is 1. The van der Waals surface area contributed by atoms with E-state index in [0.717, 1.165) is 11.4 Å². The molecule has 0 aliphatic heterocycles. The van der Waals surface area contributed by atoms with E-state index in [-0.39, 0.29) is 5.69 Å². The molecule has 2 aromatic rings. The Kier molecular flexibility index (Phi) is 4.51. The normalized spacial score (nSPS) is 11.0. The summed E-state index contributed by atoms with van der Waals surface area (Å²) >= 11 is 3.34. The average Bonchev–Trinajstić information content (AvgIpc) is 2.84. The predicted octanol–water partition coefficient (Wildman–Crippen LogP) is 3.04. The van der Waals surface area contributed by atoms with Crippen LogP contribution < -0.4 is 5.32 Å². The van der Waals surface area contributed by atoms with Crippen molar-refractivity contribution in [3.8, 4) is 5.69 Å². The van der Waals surface area contributed by atoms with E-state index in [9.17, 15) is 10.1 Å². The Morgan fingerprint density at radius 2 is 2.20 bits per heavy atom. The highest BCUT2D eigenvalue weighted by Gasteiger charge is 2.11. The van der Waals surface area contributed by atoms with Crippen molar-refractivity contribution >= 4 is 21.6 Å². The molecule has 0 aliphatic carbocycles. The monoisotopic (exact) mass is 338 g/mol. The van der Waals surface area contributed by atoms with Crippen LogP contribution in [0.5, 0.6) is 0 Å². The Labute approximate surface area is 125 Å². The third-order valence-corrected chi connectivity index (χ3v) is 3.36. The van der Waals surface area contributed by atoms with Crippen molar-refractivity contribution in [2.45, 2.75) is 26.4 Å². The lowest BCUT2D eigenvalue weighted by Gasteiger charge is -2.06. The van der Waals surface area contributed by atoms with E-state index in [0.29, 0.717) is 17.1 Å². The van der Waals surface area contributed by atoms with Crippen molar-refractivity contribution in [3.05, 3.63) is 50.7 Å². The van der Waals surface area contributed by atoms with E-state index in [1.165, 1.54) is 12.1 Å². The summed E-state index contributed by atoms with van der Waals surface area (Å²) in [7, 11) is 0. The number of aromatic nitrogens is 2. The molecule has 0 unspecified atom stereocenters. The number of nitrogens with one attached hydrogen (secondary N) is 1. The molecule has 0 radical (unpaired) electrons. The van der Waals surface area contributed by atoms with Crippen molar-refractivity contribution in [3.63, 3.8) is 0 Å². The second kappa shape index (κ2) is 6.15. The largest absolute Gasteiger partial charge is 0.309 e. The van der Waals surface area contributed by atoms with Gasteiger partial charge in [0.1, 0.15) is 0 Å². The molecule has 0 aliphatic rings. The summed E-state index contributed by atoms with van der Waals surface area (Å²) in [5.41, 5.74) is 1.74. The van der Waals surface area contributed by atoms with E-state index in [4.69, 9.17) is 0 Å². The number of benzene rings is 1. The Morgan fingerprint density at radius 3 is 2.80 bits per heavy atom.